The molecule has 21 heavy (non-hydrogen) atoms. The van der Waals surface area contributed by atoms with E-state index < -0.39 is 0 Å². The first-order valence-corrected chi connectivity index (χ1v) is 8.03. The maximum atomic E-state index is 12.5. The fourth-order valence-corrected chi connectivity index (χ4v) is 2.85. The second-order valence-electron chi connectivity index (χ2n) is 4.84. The molecule has 0 atom stereocenters. The van der Waals surface area contributed by atoms with E-state index >= 15 is 0 Å². The molecule has 1 amide bonds. The van der Waals surface area contributed by atoms with E-state index in [0.29, 0.717) is 16.0 Å². The molecular weight excluding hydrogens is 282 g/mol. The van der Waals surface area contributed by atoms with E-state index in [1.165, 1.54) is 11.3 Å². The summed E-state index contributed by atoms with van der Waals surface area (Å²) in [5.41, 5.74) is 0.909. The molecule has 0 aliphatic heterocycles. The Morgan fingerprint density at radius 2 is 1.71 bits per heavy atom. The van der Waals surface area contributed by atoms with E-state index in [2.05, 4.69) is 5.32 Å². The zero-order valence-corrected chi connectivity index (χ0v) is 13.1. The van der Waals surface area contributed by atoms with E-state index in [4.69, 9.17) is 0 Å². The molecule has 3 nitrogen and oxygen atoms in total. The highest BCUT2D eigenvalue weighted by molar-refractivity contribution is 7.12. The van der Waals surface area contributed by atoms with Gasteiger partial charge in [-0.15, -0.1) is 11.3 Å². The van der Waals surface area contributed by atoms with E-state index in [9.17, 15) is 9.59 Å². The number of benzene rings is 1. The number of ketones is 1. The summed E-state index contributed by atoms with van der Waals surface area (Å²) in [6, 6.07) is 10.7. The topological polar surface area (TPSA) is 46.2 Å². The summed E-state index contributed by atoms with van der Waals surface area (Å²) in [5, 5.41) is 4.85. The van der Waals surface area contributed by atoms with Gasteiger partial charge in [0.1, 0.15) is 0 Å². The Balaban J connectivity index is 2.29. The Hall–Kier alpha value is -1.94. The minimum absolute atomic E-state index is 0.0969. The predicted molar refractivity (Wildman–Crippen MR) is 86.0 cm³/mol. The average Bonchev–Trinajstić information content (AvgIpc) is 3.06. The first kappa shape index (κ1) is 15.4. The monoisotopic (exact) mass is 301 g/mol. The van der Waals surface area contributed by atoms with Gasteiger partial charge < -0.3 is 5.32 Å². The Morgan fingerprint density at radius 3 is 2.29 bits per heavy atom. The van der Waals surface area contributed by atoms with Crippen LogP contribution in [-0.4, -0.2) is 17.7 Å². The van der Waals surface area contributed by atoms with Gasteiger partial charge in [0.15, 0.2) is 0 Å². The molecule has 0 unspecified atom stereocenters. The number of carbonyl (C=O) groups is 2. The van der Waals surface area contributed by atoms with Crippen LogP contribution in [0.2, 0.25) is 0 Å². The smallest absolute Gasteiger partial charge is 0.252 e. The highest BCUT2D eigenvalue weighted by Gasteiger charge is 2.19. The van der Waals surface area contributed by atoms with E-state index in [1.54, 1.807) is 30.3 Å². The van der Waals surface area contributed by atoms with Crippen LogP contribution in [0.1, 0.15) is 52.3 Å². The number of thiophene rings is 1. The first-order valence-electron chi connectivity index (χ1n) is 7.15. The fourth-order valence-electron chi connectivity index (χ4n) is 2.18. The van der Waals surface area contributed by atoms with Crippen molar-refractivity contribution in [2.45, 2.75) is 32.7 Å². The van der Waals surface area contributed by atoms with Crippen LogP contribution < -0.4 is 5.32 Å². The molecule has 110 valence electrons. The normalized spacial score (nSPS) is 10.6. The first-order chi connectivity index (χ1) is 10.2. The lowest BCUT2D eigenvalue weighted by molar-refractivity contribution is 0.0925. The summed E-state index contributed by atoms with van der Waals surface area (Å²) >= 11 is 1.39. The molecule has 1 aromatic carbocycles. The number of hydrogen-bond acceptors (Lipinski definition) is 3. The standard InChI is InChI=1S/C17H19NO2S/c1-3-12(4-2)18-17(20)14-9-6-5-8-13(14)16(19)15-10-7-11-21-15/h5-12H,3-4H2,1-2H3,(H,18,20). The number of hydrogen-bond donors (Lipinski definition) is 1. The molecular formula is C17H19NO2S. The van der Waals surface area contributed by atoms with Gasteiger partial charge >= 0.3 is 0 Å². The van der Waals surface area contributed by atoms with Gasteiger partial charge in [-0.1, -0.05) is 38.1 Å². The van der Waals surface area contributed by atoms with Crippen LogP contribution in [0.3, 0.4) is 0 Å². The Labute approximate surface area is 129 Å². The molecule has 0 fully saturated rings. The molecule has 0 aliphatic rings. The van der Waals surface area contributed by atoms with Crippen LogP contribution in [0.5, 0.6) is 0 Å². The predicted octanol–water partition coefficient (Wildman–Crippen LogP) is 3.90. The van der Waals surface area contributed by atoms with Gasteiger partial charge in [0, 0.05) is 11.6 Å². The van der Waals surface area contributed by atoms with Gasteiger partial charge in [-0.3, -0.25) is 9.59 Å². The minimum Gasteiger partial charge on any atom is -0.349 e. The maximum absolute atomic E-state index is 12.5. The van der Waals surface area contributed by atoms with Gasteiger partial charge in [0.25, 0.3) is 5.91 Å². The molecule has 1 aromatic heterocycles. The van der Waals surface area contributed by atoms with Crippen LogP contribution in [-0.2, 0) is 0 Å². The quantitative estimate of drug-likeness (QED) is 0.823. The third-order valence-corrected chi connectivity index (χ3v) is 4.35. The molecule has 0 bridgehead atoms. The van der Waals surface area contributed by atoms with Gasteiger partial charge in [-0.2, -0.15) is 0 Å². The maximum Gasteiger partial charge on any atom is 0.252 e. The molecule has 2 rings (SSSR count). The van der Waals surface area contributed by atoms with Crippen molar-refractivity contribution in [3.63, 3.8) is 0 Å². The van der Waals surface area contributed by atoms with Crippen molar-refractivity contribution in [2.75, 3.05) is 0 Å². The van der Waals surface area contributed by atoms with E-state index in [0.717, 1.165) is 12.8 Å². The van der Waals surface area contributed by atoms with Crippen molar-refractivity contribution < 1.29 is 9.59 Å². The van der Waals surface area contributed by atoms with Crippen LogP contribution in [0.4, 0.5) is 0 Å². The average molecular weight is 301 g/mol. The van der Waals surface area contributed by atoms with E-state index in [1.807, 2.05) is 25.3 Å². The molecule has 0 aliphatic carbocycles. The molecule has 0 radical (unpaired) electrons. The van der Waals surface area contributed by atoms with Gasteiger partial charge in [-0.05, 0) is 30.4 Å². The molecule has 1 N–H and O–H groups in total. The highest BCUT2D eigenvalue weighted by Crippen LogP contribution is 2.18. The lowest BCUT2D eigenvalue weighted by Crippen LogP contribution is -2.34. The lowest BCUT2D eigenvalue weighted by Gasteiger charge is -2.16. The molecule has 0 spiro atoms. The second kappa shape index (κ2) is 7.18. The lowest BCUT2D eigenvalue weighted by atomic mass is 10.0. The zero-order valence-electron chi connectivity index (χ0n) is 12.3. The van der Waals surface area contributed by atoms with Crippen molar-refractivity contribution in [2.24, 2.45) is 0 Å². The van der Waals surface area contributed by atoms with Crippen molar-refractivity contribution in [1.29, 1.82) is 0 Å². The van der Waals surface area contributed by atoms with Crippen molar-refractivity contribution >= 4 is 23.0 Å². The van der Waals surface area contributed by atoms with Crippen LogP contribution >= 0.6 is 11.3 Å². The zero-order chi connectivity index (χ0) is 15.2. The summed E-state index contributed by atoms with van der Waals surface area (Å²) in [6.07, 6.45) is 1.76. The molecule has 1 heterocycles. The number of nitrogens with one attached hydrogen (secondary N) is 1. The van der Waals surface area contributed by atoms with Gasteiger partial charge in [0.05, 0.1) is 10.4 Å². The highest BCUT2D eigenvalue weighted by atomic mass is 32.1. The van der Waals surface area contributed by atoms with Crippen molar-refractivity contribution in [3.05, 3.63) is 57.8 Å². The fraction of sp³-hybridized carbons (Fsp3) is 0.294. The largest absolute Gasteiger partial charge is 0.349 e. The SMILES string of the molecule is CCC(CC)NC(=O)c1ccccc1C(=O)c1cccs1. The van der Waals surface area contributed by atoms with E-state index in [-0.39, 0.29) is 17.7 Å². The summed E-state index contributed by atoms with van der Waals surface area (Å²) < 4.78 is 0. The number of amides is 1. The number of rotatable bonds is 6. The summed E-state index contributed by atoms with van der Waals surface area (Å²) in [7, 11) is 0. The van der Waals surface area contributed by atoms with Crippen LogP contribution in [0, 0.1) is 0 Å². The van der Waals surface area contributed by atoms with Gasteiger partial charge in [0.2, 0.25) is 5.78 Å². The second-order valence-corrected chi connectivity index (χ2v) is 5.79. The molecule has 0 saturated heterocycles. The van der Waals surface area contributed by atoms with Crippen LogP contribution in [0.25, 0.3) is 0 Å². The summed E-state index contributed by atoms with van der Waals surface area (Å²) in [4.78, 5) is 25.5. The molecule has 2 aromatic rings. The Bertz CT molecular complexity index is 615. The molecule has 0 saturated carbocycles. The third kappa shape index (κ3) is 3.58. The summed E-state index contributed by atoms with van der Waals surface area (Å²) in [5.74, 6) is -0.274. The molecule has 4 heteroatoms. The Kier molecular flexibility index (Phi) is 5.28. The minimum atomic E-state index is -0.177. The van der Waals surface area contributed by atoms with Crippen LogP contribution in [0.15, 0.2) is 41.8 Å². The van der Waals surface area contributed by atoms with Gasteiger partial charge in [-0.25, -0.2) is 0 Å². The van der Waals surface area contributed by atoms with Crippen molar-refractivity contribution in [3.8, 4) is 0 Å². The third-order valence-electron chi connectivity index (χ3n) is 3.48. The number of carbonyl (C=O) groups excluding carboxylic acids is 2. The Morgan fingerprint density at radius 1 is 1.05 bits per heavy atom. The summed E-state index contributed by atoms with van der Waals surface area (Å²) in [6.45, 7) is 4.08. The van der Waals surface area contributed by atoms with Crippen molar-refractivity contribution in [1.82, 2.24) is 5.32 Å².